The second kappa shape index (κ2) is 6.35. The van der Waals surface area contributed by atoms with E-state index in [1.54, 1.807) is 29.9 Å². The molecule has 3 aromatic rings. The molecule has 0 aliphatic carbocycles. The second-order valence-corrected chi connectivity index (χ2v) is 6.55. The minimum absolute atomic E-state index is 0.0647. The first kappa shape index (κ1) is 17.0. The standard InChI is InChI=1S/C20H18FN5O/c1-11-7-15-19(24-11)16(10-26(2)20(15)27)14-8-13(22)4-5-17(14)25-18-6-3-12(21)9-23-18/h3-11H,22H2,1-2H3,(H,23,25). The van der Waals surface area contributed by atoms with Crippen molar-refractivity contribution in [1.82, 2.24) is 9.55 Å². The lowest BCUT2D eigenvalue weighted by Gasteiger charge is -2.14. The highest BCUT2D eigenvalue weighted by Crippen LogP contribution is 2.30. The third-order valence-corrected chi connectivity index (χ3v) is 4.45. The first-order valence-corrected chi connectivity index (χ1v) is 8.50. The Morgan fingerprint density at radius 3 is 2.78 bits per heavy atom. The number of aryl methyl sites for hydroxylation is 1. The second-order valence-electron chi connectivity index (χ2n) is 6.55. The minimum atomic E-state index is -0.405. The van der Waals surface area contributed by atoms with Crippen molar-refractivity contribution in [3.63, 3.8) is 0 Å². The molecule has 1 aromatic carbocycles. The van der Waals surface area contributed by atoms with E-state index >= 15 is 0 Å². The van der Waals surface area contributed by atoms with Crippen LogP contribution in [0.3, 0.4) is 0 Å². The van der Waals surface area contributed by atoms with Crippen molar-refractivity contribution < 1.29 is 4.39 Å². The van der Waals surface area contributed by atoms with Crippen LogP contribution in [0.4, 0.5) is 21.6 Å². The van der Waals surface area contributed by atoms with Gasteiger partial charge in [0.1, 0.15) is 11.6 Å². The molecule has 7 heteroatoms. The van der Waals surface area contributed by atoms with E-state index in [9.17, 15) is 9.18 Å². The van der Waals surface area contributed by atoms with Gasteiger partial charge in [-0.25, -0.2) is 9.37 Å². The number of nitrogens with one attached hydrogen (secondary N) is 1. The van der Waals surface area contributed by atoms with Crippen molar-refractivity contribution in [2.45, 2.75) is 13.0 Å². The number of halogens is 1. The molecule has 1 aliphatic heterocycles. The summed E-state index contributed by atoms with van der Waals surface area (Å²) in [6.45, 7) is 1.93. The quantitative estimate of drug-likeness (QED) is 0.694. The van der Waals surface area contributed by atoms with Gasteiger partial charge in [0.15, 0.2) is 0 Å². The van der Waals surface area contributed by atoms with Gasteiger partial charge < -0.3 is 15.6 Å². The molecule has 0 radical (unpaired) electrons. The number of fused-ring (bicyclic) bond motifs is 1. The van der Waals surface area contributed by atoms with Crippen LogP contribution in [0.2, 0.25) is 0 Å². The van der Waals surface area contributed by atoms with Crippen molar-refractivity contribution in [3.8, 4) is 11.1 Å². The summed E-state index contributed by atoms with van der Waals surface area (Å²) in [6, 6.07) is 8.25. The Bertz CT molecular complexity index is 1210. The zero-order chi connectivity index (χ0) is 19.1. The van der Waals surface area contributed by atoms with E-state index in [0.29, 0.717) is 22.1 Å². The molecule has 6 nitrogen and oxygen atoms in total. The molecule has 4 rings (SSSR count). The molecule has 3 N–H and O–H groups in total. The van der Waals surface area contributed by atoms with Crippen LogP contribution >= 0.6 is 0 Å². The molecule has 0 fully saturated rings. The van der Waals surface area contributed by atoms with Gasteiger partial charge >= 0.3 is 0 Å². The lowest BCUT2D eigenvalue weighted by Crippen LogP contribution is -2.43. The molecule has 0 saturated heterocycles. The SMILES string of the molecule is CC1C=c2c(c(-c3cc(N)ccc3Nc3ccc(F)cn3)cn(C)c2=O)=N1. The molecule has 0 saturated carbocycles. The average molecular weight is 363 g/mol. The maximum atomic E-state index is 13.1. The molecular formula is C20H18FN5O. The van der Waals surface area contributed by atoms with Gasteiger partial charge in [-0.3, -0.25) is 9.79 Å². The predicted molar refractivity (Wildman–Crippen MR) is 104 cm³/mol. The fraction of sp³-hybridized carbons (Fsp3) is 0.150. The number of pyridine rings is 2. The fourth-order valence-corrected chi connectivity index (χ4v) is 3.20. The fourth-order valence-electron chi connectivity index (χ4n) is 3.20. The van der Waals surface area contributed by atoms with Gasteiger partial charge in [-0.1, -0.05) is 0 Å². The Morgan fingerprint density at radius 2 is 2.04 bits per heavy atom. The highest BCUT2D eigenvalue weighted by molar-refractivity contribution is 5.82. The number of nitrogens with zero attached hydrogens (tertiary/aromatic N) is 3. The molecule has 1 atom stereocenters. The molecule has 0 spiro atoms. The normalized spacial score (nSPS) is 15.0. The van der Waals surface area contributed by atoms with E-state index in [2.05, 4.69) is 15.3 Å². The van der Waals surface area contributed by atoms with Crippen LogP contribution in [-0.4, -0.2) is 15.6 Å². The van der Waals surface area contributed by atoms with Gasteiger partial charge in [0.25, 0.3) is 5.56 Å². The van der Waals surface area contributed by atoms with Crippen LogP contribution in [-0.2, 0) is 7.05 Å². The van der Waals surface area contributed by atoms with Crippen molar-refractivity contribution in [1.29, 1.82) is 0 Å². The Morgan fingerprint density at radius 1 is 1.22 bits per heavy atom. The van der Waals surface area contributed by atoms with E-state index < -0.39 is 5.82 Å². The van der Waals surface area contributed by atoms with Crippen LogP contribution in [0, 0.1) is 5.82 Å². The molecule has 0 amide bonds. The summed E-state index contributed by atoms with van der Waals surface area (Å²) < 4.78 is 14.7. The van der Waals surface area contributed by atoms with Crippen LogP contribution in [0.1, 0.15) is 6.92 Å². The molecule has 1 aliphatic rings. The van der Waals surface area contributed by atoms with Crippen molar-refractivity contribution in [2.75, 3.05) is 11.1 Å². The third-order valence-electron chi connectivity index (χ3n) is 4.45. The number of nitrogen functional groups attached to an aromatic ring is 1. The number of benzene rings is 1. The van der Waals surface area contributed by atoms with Gasteiger partial charge in [0.2, 0.25) is 0 Å². The van der Waals surface area contributed by atoms with Gasteiger partial charge in [-0.15, -0.1) is 0 Å². The number of nitrogens with two attached hydrogens (primary N) is 1. The van der Waals surface area contributed by atoms with Crippen molar-refractivity contribution in [2.24, 2.45) is 12.0 Å². The maximum absolute atomic E-state index is 13.1. The van der Waals surface area contributed by atoms with Crippen molar-refractivity contribution >= 4 is 23.3 Å². The molecule has 27 heavy (non-hydrogen) atoms. The lowest BCUT2D eigenvalue weighted by molar-refractivity contribution is 0.622. The summed E-state index contributed by atoms with van der Waals surface area (Å²) in [6.07, 6.45) is 4.77. The molecular weight excluding hydrogens is 345 g/mol. The van der Waals surface area contributed by atoms with Crippen molar-refractivity contribution in [3.05, 3.63) is 69.5 Å². The lowest BCUT2D eigenvalue weighted by atomic mass is 10.0. The average Bonchev–Trinajstić information content (AvgIpc) is 3.03. The number of anilines is 3. The molecule has 0 bridgehead atoms. The Hall–Kier alpha value is -3.48. The van der Waals surface area contributed by atoms with Crippen LogP contribution < -0.4 is 27.2 Å². The minimum Gasteiger partial charge on any atom is -0.399 e. The number of aromatic nitrogens is 2. The van der Waals surface area contributed by atoms with Gasteiger partial charge in [0.05, 0.1) is 22.8 Å². The first-order valence-electron chi connectivity index (χ1n) is 8.50. The van der Waals surface area contributed by atoms with Crippen LogP contribution in [0.15, 0.2) is 52.5 Å². The molecule has 2 aromatic heterocycles. The zero-order valence-corrected chi connectivity index (χ0v) is 14.9. The highest BCUT2D eigenvalue weighted by Gasteiger charge is 2.16. The Balaban J connectivity index is 1.93. The van der Waals surface area contributed by atoms with Gasteiger partial charge in [-0.05, 0) is 43.3 Å². The summed E-state index contributed by atoms with van der Waals surface area (Å²) in [4.78, 5) is 21.1. The van der Waals surface area contributed by atoms with E-state index in [1.807, 2.05) is 25.1 Å². The molecule has 1 unspecified atom stereocenters. The van der Waals surface area contributed by atoms with E-state index in [0.717, 1.165) is 23.0 Å². The largest absolute Gasteiger partial charge is 0.399 e. The van der Waals surface area contributed by atoms with Crippen LogP contribution in [0.25, 0.3) is 17.2 Å². The maximum Gasteiger partial charge on any atom is 0.259 e. The predicted octanol–water partition coefficient (Wildman–Crippen LogP) is 1.71. The number of hydrogen-bond acceptors (Lipinski definition) is 5. The third kappa shape index (κ3) is 3.08. The van der Waals surface area contributed by atoms with E-state index in [4.69, 9.17) is 5.73 Å². The summed E-state index contributed by atoms with van der Waals surface area (Å²) >= 11 is 0. The summed E-state index contributed by atoms with van der Waals surface area (Å²) in [5.41, 5.74) is 8.84. The number of rotatable bonds is 3. The monoisotopic (exact) mass is 363 g/mol. The smallest absolute Gasteiger partial charge is 0.259 e. The Kier molecular flexibility index (Phi) is 3.99. The van der Waals surface area contributed by atoms with Gasteiger partial charge in [-0.2, -0.15) is 0 Å². The first-order chi connectivity index (χ1) is 12.9. The summed E-state index contributed by atoms with van der Waals surface area (Å²) in [5.74, 6) is 0.0954. The molecule has 3 heterocycles. The van der Waals surface area contributed by atoms with E-state index in [-0.39, 0.29) is 11.6 Å². The molecule has 136 valence electrons. The summed E-state index contributed by atoms with van der Waals surface area (Å²) in [7, 11) is 1.71. The number of hydrogen-bond donors (Lipinski definition) is 2. The van der Waals surface area contributed by atoms with E-state index in [1.165, 1.54) is 6.07 Å². The Labute approximate surface area is 154 Å². The zero-order valence-electron chi connectivity index (χ0n) is 14.9. The van der Waals surface area contributed by atoms with Gasteiger partial charge in [0, 0.05) is 35.7 Å². The topological polar surface area (TPSA) is 85.3 Å². The highest BCUT2D eigenvalue weighted by atomic mass is 19.1. The summed E-state index contributed by atoms with van der Waals surface area (Å²) in [5, 5.41) is 4.44. The van der Waals surface area contributed by atoms with Crippen LogP contribution in [0.5, 0.6) is 0 Å².